The minimum Gasteiger partial charge on any atom is -0.352 e. The van der Waals surface area contributed by atoms with E-state index in [1.54, 1.807) is 17.5 Å². The third-order valence-electron chi connectivity index (χ3n) is 4.80. The number of nitro benzene ring substituents is 1. The van der Waals surface area contributed by atoms with Gasteiger partial charge in [-0.05, 0) is 36.8 Å². The van der Waals surface area contributed by atoms with Gasteiger partial charge >= 0.3 is 0 Å². The number of nitro groups is 1. The van der Waals surface area contributed by atoms with Gasteiger partial charge in [-0.1, -0.05) is 24.1 Å². The zero-order chi connectivity index (χ0) is 21.0. The fourth-order valence-corrected chi connectivity index (χ4v) is 6.40. The molecule has 0 bridgehead atoms. The Kier molecular flexibility index (Phi) is 6.89. The first-order chi connectivity index (χ1) is 13.8. The second-order valence-electron chi connectivity index (χ2n) is 6.66. The van der Waals surface area contributed by atoms with E-state index in [1.807, 2.05) is 0 Å². The van der Waals surface area contributed by atoms with Crippen molar-refractivity contribution in [3.63, 3.8) is 0 Å². The van der Waals surface area contributed by atoms with Crippen LogP contribution in [-0.4, -0.2) is 42.7 Å². The summed E-state index contributed by atoms with van der Waals surface area (Å²) in [6.07, 6.45) is 2.89. The summed E-state index contributed by atoms with van der Waals surface area (Å²) in [5.74, 6) is -0.526. The second kappa shape index (κ2) is 9.21. The molecular weight excluding hydrogens is 438 g/mol. The molecule has 1 aliphatic rings. The fourth-order valence-electron chi connectivity index (χ4n) is 3.35. The van der Waals surface area contributed by atoms with Crippen LogP contribution < -0.4 is 5.32 Å². The van der Waals surface area contributed by atoms with Gasteiger partial charge in [-0.3, -0.25) is 14.9 Å². The molecule has 1 atom stereocenters. The van der Waals surface area contributed by atoms with Gasteiger partial charge in [0.1, 0.15) is 4.21 Å². The molecule has 156 valence electrons. The number of benzene rings is 1. The highest BCUT2D eigenvalue weighted by Gasteiger charge is 2.33. The Balaban J connectivity index is 1.65. The Labute approximate surface area is 177 Å². The van der Waals surface area contributed by atoms with Crippen molar-refractivity contribution in [2.75, 3.05) is 13.1 Å². The summed E-state index contributed by atoms with van der Waals surface area (Å²) in [5.41, 5.74) is -0.201. The van der Waals surface area contributed by atoms with Crippen LogP contribution in [0.2, 0.25) is 5.02 Å². The van der Waals surface area contributed by atoms with Gasteiger partial charge in [-0.25, -0.2) is 8.42 Å². The van der Waals surface area contributed by atoms with Crippen LogP contribution in [0.15, 0.2) is 39.9 Å². The summed E-state index contributed by atoms with van der Waals surface area (Å²) in [7, 11) is -3.55. The van der Waals surface area contributed by atoms with Crippen molar-refractivity contribution in [3.8, 4) is 0 Å². The van der Waals surface area contributed by atoms with Crippen LogP contribution in [-0.2, 0) is 10.0 Å². The van der Waals surface area contributed by atoms with Crippen molar-refractivity contribution < 1.29 is 18.1 Å². The summed E-state index contributed by atoms with van der Waals surface area (Å²) in [5, 5.41) is 15.4. The molecule has 1 aliphatic heterocycles. The molecule has 0 radical (unpaired) electrons. The zero-order valence-corrected chi connectivity index (χ0v) is 17.8. The Hall–Kier alpha value is -2.01. The predicted octanol–water partition coefficient (Wildman–Crippen LogP) is 3.67. The number of carbonyl (C=O) groups excluding carboxylic acids is 1. The van der Waals surface area contributed by atoms with Crippen molar-refractivity contribution >= 4 is 44.6 Å². The van der Waals surface area contributed by atoms with Gasteiger partial charge in [0.2, 0.25) is 0 Å². The van der Waals surface area contributed by atoms with Gasteiger partial charge in [-0.2, -0.15) is 4.31 Å². The number of sulfonamides is 1. The Morgan fingerprint density at radius 1 is 1.34 bits per heavy atom. The van der Waals surface area contributed by atoms with Gasteiger partial charge in [0.05, 0.1) is 15.5 Å². The van der Waals surface area contributed by atoms with E-state index in [9.17, 15) is 23.3 Å². The lowest BCUT2D eigenvalue weighted by Crippen LogP contribution is -2.44. The number of carbonyl (C=O) groups is 1. The molecule has 1 aromatic carbocycles. The van der Waals surface area contributed by atoms with Crippen molar-refractivity contribution in [2.24, 2.45) is 0 Å². The Morgan fingerprint density at radius 3 is 2.83 bits per heavy atom. The molecule has 0 aliphatic carbocycles. The minimum absolute atomic E-state index is 0.0209. The van der Waals surface area contributed by atoms with E-state index in [0.717, 1.165) is 25.3 Å². The summed E-state index contributed by atoms with van der Waals surface area (Å²) < 4.78 is 27.6. The number of piperidine rings is 1. The number of rotatable bonds is 7. The fraction of sp³-hybridized carbons (Fsp3) is 0.389. The number of non-ortho nitro benzene ring substituents is 1. The number of hydrogen-bond acceptors (Lipinski definition) is 6. The summed E-state index contributed by atoms with van der Waals surface area (Å²) >= 11 is 7.18. The molecule has 8 nitrogen and oxygen atoms in total. The molecule has 0 saturated carbocycles. The van der Waals surface area contributed by atoms with Gasteiger partial charge in [0, 0.05) is 31.3 Å². The number of thiophene rings is 1. The van der Waals surface area contributed by atoms with E-state index in [0.29, 0.717) is 17.2 Å². The van der Waals surface area contributed by atoms with Crippen LogP contribution in [0.1, 0.15) is 36.0 Å². The van der Waals surface area contributed by atoms with Crippen molar-refractivity contribution in [1.29, 1.82) is 0 Å². The molecule has 1 N–H and O–H groups in total. The highest BCUT2D eigenvalue weighted by Crippen LogP contribution is 2.29. The highest BCUT2D eigenvalue weighted by molar-refractivity contribution is 7.91. The molecule has 1 unspecified atom stereocenters. The van der Waals surface area contributed by atoms with Crippen molar-refractivity contribution in [2.45, 2.75) is 35.9 Å². The number of nitrogens with one attached hydrogen (secondary N) is 1. The highest BCUT2D eigenvalue weighted by atomic mass is 35.5. The molecule has 2 heterocycles. The summed E-state index contributed by atoms with van der Waals surface area (Å²) in [6, 6.07) is 6.76. The average Bonchev–Trinajstić information content (AvgIpc) is 3.24. The monoisotopic (exact) mass is 457 g/mol. The largest absolute Gasteiger partial charge is 0.352 e. The molecule has 11 heteroatoms. The maximum Gasteiger partial charge on any atom is 0.270 e. The zero-order valence-electron chi connectivity index (χ0n) is 15.4. The van der Waals surface area contributed by atoms with Crippen LogP contribution >= 0.6 is 22.9 Å². The lowest BCUT2D eigenvalue weighted by Gasteiger charge is -2.34. The van der Waals surface area contributed by atoms with Crippen LogP contribution in [0.25, 0.3) is 0 Å². The first-order valence-electron chi connectivity index (χ1n) is 9.08. The third-order valence-corrected chi connectivity index (χ3v) is 8.45. The Bertz CT molecular complexity index is 995. The number of amides is 1. The van der Waals surface area contributed by atoms with Crippen LogP contribution in [0.3, 0.4) is 0 Å². The number of nitrogens with zero attached hydrogens (tertiary/aromatic N) is 2. The lowest BCUT2D eigenvalue weighted by molar-refractivity contribution is -0.384. The van der Waals surface area contributed by atoms with Crippen LogP contribution in [0.5, 0.6) is 0 Å². The quantitative estimate of drug-likeness (QED) is 0.503. The van der Waals surface area contributed by atoms with Gasteiger partial charge < -0.3 is 5.32 Å². The Morgan fingerprint density at radius 2 is 2.14 bits per heavy atom. The molecule has 3 rings (SSSR count). The van der Waals surface area contributed by atoms with E-state index >= 15 is 0 Å². The van der Waals surface area contributed by atoms with Gasteiger partial charge in [0.15, 0.2) is 0 Å². The van der Waals surface area contributed by atoms with E-state index in [2.05, 4.69) is 5.32 Å². The van der Waals surface area contributed by atoms with E-state index in [1.165, 1.54) is 27.8 Å². The number of hydrogen-bond donors (Lipinski definition) is 1. The SMILES string of the molecule is O=C(NCCC1CCCCN1S(=O)(=O)c1cccs1)c1cc([N+](=O)[O-])ccc1Cl. The second-order valence-corrected chi connectivity index (χ2v) is 10.1. The molecule has 1 amide bonds. The first-order valence-corrected chi connectivity index (χ1v) is 11.8. The summed E-state index contributed by atoms with van der Waals surface area (Å²) in [4.78, 5) is 22.7. The topological polar surface area (TPSA) is 110 Å². The molecule has 29 heavy (non-hydrogen) atoms. The number of halogens is 1. The summed E-state index contributed by atoms with van der Waals surface area (Å²) in [6.45, 7) is 0.689. The van der Waals surface area contributed by atoms with E-state index in [4.69, 9.17) is 11.6 Å². The normalized spacial score (nSPS) is 17.8. The molecular formula is C18H20ClN3O5S2. The van der Waals surface area contributed by atoms with Crippen molar-refractivity contribution in [3.05, 3.63) is 56.4 Å². The maximum atomic E-state index is 12.9. The smallest absolute Gasteiger partial charge is 0.270 e. The predicted molar refractivity (Wildman–Crippen MR) is 111 cm³/mol. The maximum absolute atomic E-state index is 12.9. The van der Waals surface area contributed by atoms with E-state index in [-0.39, 0.29) is 28.9 Å². The lowest BCUT2D eigenvalue weighted by atomic mass is 10.0. The van der Waals surface area contributed by atoms with E-state index < -0.39 is 20.9 Å². The average molecular weight is 458 g/mol. The third kappa shape index (κ3) is 4.95. The molecule has 0 spiro atoms. The molecule has 2 aromatic rings. The van der Waals surface area contributed by atoms with Crippen LogP contribution in [0, 0.1) is 10.1 Å². The molecule has 1 aromatic heterocycles. The van der Waals surface area contributed by atoms with Crippen LogP contribution in [0.4, 0.5) is 5.69 Å². The van der Waals surface area contributed by atoms with Crippen molar-refractivity contribution in [1.82, 2.24) is 9.62 Å². The first kappa shape index (κ1) is 21.7. The molecule has 1 saturated heterocycles. The van der Waals surface area contributed by atoms with Gasteiger partial charge in [0.25, 0.3) is 21.6 Å². The molecule has 1 fully saturated rings. The van der Waals surface area contributed by atoms with Gasteiger partial charge in [-0.15, -0.1) is 11.3 Å². The standard InChI is InChI=1S/C18H20ClN3O5S2/c19-16-7-6-14(22(24)25)12-15(16)18(23)20-9-8-13-4-1-2-10-21(13)29(26,27)17-5-3-11-28-17/h3,5-7,11-13H,1-2,4,8-10H2,(H,20,23). The minimum atomic E-state index is -3.55.